The van der Waals surface area contributed by atoms with Crippen molar-refractivity contribution in [3.63, 3.8) is 0 Å². The molecule has 0 radical (unpaired) electrons. The van der Waals surface area contributed by atoms with Gasteiger partial charge in [-0.25, -0.2) is 19.9 Å². The van der Waals surface area contributed by atoms with Gasteiger partial charge >= 0.3 is 0 Å². The normalized spacial score (nSPS) is 17.3. The van der Waals surface area contributed by atoms with Crippen LogP contribution in [0.15, 0.2) is 55.2 Å². The monoisotopic (exact) mass is 333 g/mol. The third-order valence-corrected chi connectivity index (χ3v) is 4.29. The van der Waals surface area contributed by atoms with E-state index in [0.29, 0.717) is 11.9 Å². The topological polar surface area (TPSA) is 79.7 Å². The Hall–Kier alpha value is -3.09. The van der Waals surface area contributed by atoms with Crippen molar-refractivity contribution < 1.29 is 0 Å². The molecule has 0 bridgehead atoms. The lowest BCUT2D eigenvalue weighted by atomic mass is 9.94. The lowest BCUT2D eigenvalue weighted by Crippen LogP contribution is -2.35. The number of pyridine rings is 1. The van der Waals surface area contributed by atoms with Gasteiger partial charge in [-0.2, -0.15) is 0 Å². The maximum Gasteiger partial charge on any atom is 0.228 e. The predicted molar refractivity (Wildman–Crippen MR) is 95.8 cm³/mol. The average Bonchev–Trinajstić information content (AvgIpc) is 2.70. The van der Waals surface area contributed by atoms with Gasteiger partial charge in [-0.05, 0) is 31.0 Å². The van der Waals surface area contributed by atoms with E-state index in [1.807, 2.05) is 18.3 Å². The second-order valence-electron chi connectivity index (χ2n) is 5.99. The molecule has 0 saturated carbocycles. The molecule has 4 heterocycles. The number of anilines is 3. The van der Waals surface area contributed by atoms with E-state index in [2.05, 4.69) is 36.2 Å². The van der Waals surface area contributed by atoms with Crippen LogP contribution >= 0.6 is 0 Å². The molecule has 1 fully saturated rings. The number of aromatic nitrogens is 5. The molecular weight excluding hydrogens is 314 g/mol. The molecule has 0 spiro atoms. The predicted octanol–water partition coefficient (Wildman–Crippen LogP) is 2.79. The van der Waals surface area contributed by atoms with Crippen LogP contribution in [0.4, 0.5) is 17.6 Å². The average molecular weight is 333 g/mol. The molecule has 0 aliphatic carbocycles. The van der Waals surface area contributed by atoms with Crippen molar-refractivity contribution >= 4 is 17.6 Å². The molecule has 3 aromatic heterocycles. The molecule has 4 rings (SSSR count). The van der Waals surface area contributed by atoms with E-state index in [-0.39, 0.29) is 0 Å². The van der Waals surface area contributed by atoms with Crippen LogP contribution in [0.2, 0.25) is 0 Å². The van der Waals surface area contributed by atoms with Crippen molar-refractivity contribution in [3.05, 3.63) is 60.9 Å². The molecule has 7 nitrogen and oxygen atoms in total. The van der Waals surface area contributed by atoms with Crippen LogP contribution in [0.1, 0.15) is 24.5 Å². The molecule has 126 valence electrons. The Labute approximate surface area is 146 Å². The molecule has 3 aromatic rings. The Bertz CT molecular complexity index is 810. The summed E-state index contributed by atoms with van der Waals surface area (Å²) in [5.41, 5.74) is 1.08. The van der Waals surface area contributed by atoms with Gasteiger partial charge in [0.15, 0.2) is 0 Å². The van der Waals surface area contributed by atoms with Gasteiger partial charge in [0.05, 0.1) is 6.20 Å². The van der Waals surface area contributed by atoms with Gasteiger partial charge in [0, 0.05) is 49.5 Å². The van der Waals surface area contributed by atoms with Gasteiger partial charge < -0.3 is 10.2 Å². The second-order valence-corrected chi connectivity index (χ2v) is 5.99. The SMILES string of the molecule is c1cnc(Nc2cccc([C@@H]3CCCN(c4cnccn4)C3)n2)nc1. The summed E-state index contributed by atoms with van der Waals surface area (Å²) in [5, 5.41) is 3.16. The van der Waals surface area contributed by atoms with Crippen molar-refractivity contribution in [2.45, 2.75) is 18.8 Å². The highest BCUT2D eigenvalue weighted by Crippen LogP contribution is 2.28. The van der Waals surface area contributed by atoms with E-state index in [0.717, 1.165) is 43.3 Å². The molecule has 1 aliphatic heterocycles. The standard InChI is InChI=1S/C18H19N7/c1-5-15(23-16(6-1)24-18-21-7-3-8-22-18)14-4-2-11-25(13-14)17-12-19-9-10-20-17/h1,3,5-10,12,14H,2,4,11,13H2,(H,21,22,23,24)/t14-/m1/s1. The van der Waals surface area contributed by atoms with Crippen molar-refractivity contribution in [2.75, 3.05) is 23.3 Å². The maximum atomic E-state index is 4.77. The lowest BCUT2D eigenvalue weighted by Gasteiger charge is -2.33. The molecule has 1 aliphatic rings. The number of piperidine rings is 1. The van der Waals surface area contributed by atoms with Gasteiger partial charge in [0.2, 0.25) is 5.95 Å². The fraction of sp³-hybridized carbons (Fsp3) is 0.278. The first-order valence-corrected chi connectivity index (χ1v) is 8.40. The zero-order valence-electron chi connectivity index (χ0n) is 13.8. The van der Waals surface area contributed by atoms with Gasteiger partial charge in [-0.1, -0.05) is 6.07 Å². The summed E-state index contributed by atoms with van der Waals surface area (Å²) in [7, 11) is 0. The summed E-state index contributed by atoms with van der Waals surface area (Å²) < 4.78 is 0. The Morgan fingerprint density at radius 3 is 2.76 bits per heavy atom. The largest absolute Gasteiger partial charge is 0.355 e. The highest BCUT2D eigenvalue weighted by molar-refractivity contribution is 5.47. The van der Waals surface area contributed by atoms with Crippen molar-refractivity contribution in [1.82, 2.24) is 24.9 Å². The summed E-state index contributed by atoms with van der Waals surface area (Å²) in [4.78, 5) is 24.0. The summed E-state index contributed by atoms with van der Waals surface area (Å²) >= 11 is 0. The van der Waals surface area contributed by atoms with E-state index < -0.39 is 0 Å². The van der Waals surface area contributed by atoms with Crippen LogP contribution in [0.3, 0.4) is 0 Å². The van der Waals surface area contributed by atoms with Gasteiger partial charge in [0.1, 0.15) is 11.6 Å². The van der Waals surface area contributed by atoms with E-state index in [4.69, 9.17) is 4.98 Å². The molecule has 7 heteroatoms. The number of hydrogen-bond acceptors (Lipinski definition) is 7. The number of nitrogens with zero attached hydrogens (tertiary/aromatic N) is 6. The van der Waals surface area contributed by atoms with Gasteiger partial charge in [-0.3, -0.25) is 4.98 Å². The first-order valence-electron chi connectivity index (χ1n) is 8.40. The highest BCUT2D eigenvalue weighted by Gasteiger charge is 2.23. The fourth-order valence-electron chi connectivity index (χ4n) is 3.11. The fourth-order valence-corrected chi connectivity index (χ4v) is 3.11. The van der Waals surface area contributed by atoms with Crippen LogP contribution in [0, 0.1) is 0 Å². The van der Waals surface area contributed by atoms with Crippen LogP contribution in [-0.4, -0.2) is 38.0 Å². The van der Waals surface area contributed by atoms with Crippen LogP contribution in [0.25, 0.3) is 0 Å². The minimum atomic E-state index is 0.370. The molecule has 25 heavy (non-hydrogen) atoms. The Morgan fingerprint density at radius 1 is 1.00 bits per heavy atom. The summed E-state index contributed by atoms with van der Waals surface area (Å²) in [6.45, 7) is 1.90. The third-order valence-electron chi connectivity index (χ3n) is 4.29. The Morgan fingerprint density at radius 2 is 1.92 bits per heavy atom. The zero-order chi connectivity index (χ0) is 16.9. The van der Waals surface area contributed by atoms with Gasteiger partial charge in [-0.15, -0.1) is 0 Å². The third kappa shape index (κ3) is 3.71. The smallest absolute Gasteiger partial charge is 0.228 e. The van der Waals surface area contributed by atoms with E-state index in [1.54, 1.807) is 30.9 Å². The van der Waals surface area contributed by atoms with Crippen molar-refractivity contribution in [1.29, 1.82) is 0 Å². The highest BCUT2D eigenvalue weighted by atomic mass is 15.2. The molecule has 0 amide bonds. The Kier molecular flexibility index (Phi) is 4.45. The van der Waals surface area contributed by atoms with Crippen molar-refractivity contribution in [2.24, 2.45) is 0 Å². The molecule has 1 atom stereocenters. The van der Waals surface area contributed by atoms with Gasteiger partial charge in [0.25, 0.3) is 0 Å². The number of nitrogens with one attached hydrogen (secondary N) is 1. The zero-order valence-corrected chi connectivity index (χ0v) is 13.8. The lowest BCUT2D eigenvalue weighted by molar-refractivity contribution is 0.498. The summed E-state index contributed by atoms with van der Waals surface area (Å²) in [6, 6.07) is 7.83. The first-order chi connectivity index (χ1) is 12.4. The maximum absolute atomic E-state index is 4.77. The van der Waals surface area contributed by atoms with Crippen LogP contribution in [-0.2, 0) is 0 Å². The number of rotatable bonds is 4. The molecule has 1 saturated heterocycles. The summed E-state index contributed by atoms with van der Waals surface area (Å²) in [6.07, 6.45) is 10.9. The molecule has 0 unspecified atom stereocenters. The quantitative estimate of drug-likeness (QED) is 0.786. The Balaban J connectivity index is 1.50. The number of hydrogen-bond donors (Lipinski definition) is 1. The van der Waals surface area contributed by atoms with E-state index in [1.165, 1.54) is 0 Å². The van der Waals surface area contributed by atoms with Crippen LogP contribution < -0.4 is 10.2 Å². The van der Waals surface area contributed by atoms with Crippen LogP contribution in [0.5, 0.6) is 0 Å². The van der Waals surface area contributed by atoms with E-state index >= 15 is 0 Å². The molecule has 1 N–H and O–H groups in total. The minimum absolute atomic E-state index is 0.370. The van der Waals surface area contributed by atoms with Crippen molar-refractivity contribution in [3.8, 4) is 0 Å². The first kappa shape index (κ1) is 15.4. The molecule has 0 aromatic carbocycles. The molecular formula is C18H19N7. The summed E-state index contributed by atoms with van der Waals surface area (Å²) in [5.74, 6) is 2.62. The minimum Gasteiger partial charge on any atom is -0.355 e. The van der Waals surface area contributed by atoms with E-state index in [9.17, 15) is 0 Å². The second kappa shape index (κ2) is 7.21.